The lowest BCUT2D eigenvalue weighted by Crippen LogP contribution is -2.43. The fourth-order valence-corrected chi connectivity index (χ4v) is 1.46. The smallest absolute Gasteiger partial charge is 0.251 e. The van der Waals surface area contributed by atoms with E-state index in [0.717, 1.165) is 0 Å². The lowest BCUT2D eigenvalue weighted by molar-refractivity contribution is -0.0147. The lowest BCUT2D eigenvalue weighted by atomic mass is 10.1. The number of carbonyl (C=O) groups excluding carboxylic acids is 1. The van der Waals surface area contributed by atoms with Crippen LogP contribution >= 0.6 is 0 Å². The van der Waals surface area contributed by atoms with Crippen LogP contribution in [-0.2, 0) is 4.74 Å². The van der Waals surface area contributed by atoms with Crippen LogP contribution in [-0.4, -0.2) is 36.9 Å². The van der Waals surface area contributed by atoms with Crippen LogP contribution in [0.25, 0.3) is 0 Å². The molecule has 0 aliphatic heterocycles. The second-order valence-electron chi connectivity index (χ2n) is 4.31. The monoisotopic (exact) mass is 248 g/mol. The van der Waals surface area contributed by atoms with Crippen molar-refractivity contribution in [1.29, 1.82) is 5.26 Å². The molecule has 5 nitrogen and oxygen atoms in total. The Kier molecular flexibility index (Phi) is 4.84. The highest BCUT2D eigenvalue weighted by Gasteiger charge is 2.21. The minimum absolute atomic E-state index is 0.0798. The van der Waals surface area contributed by atoms with Crippen LogP contribution in [0.3, 0.4) is 0 Å². The maximum absolute atomic E-state index is 11.8. The number of nitrogens with one attached hydrogen (secondary N) is 1. The number of amides is 1. The van der Waals surface area contributed by atoms with Gasteiger partial charge in [0.25, 0.3) is 5.91 Å². The third-order valence-corrected chi connectivity index (χ3v) is 2.34. The van der Waals surface area contributed by atoms with E-state index in [1.54, 1.807) is 25.1 Å². The van der Waals surface area contributed by atoms with Gasteiger partial charge >= 0.3 is 0 Å². The van der Waals surface area contributed by atoms with Crippen molar-refractivity contribution in [3.05, 3.63) is 35.4 Å². The number of nitrogens with zero attached hydrogens (tertiary/aromatic N) is 1. The molecule has 0 bridgehead atoms. The van der Waals surface area contributed by atoms with Crippen LogP contribution in [0.15, 0.2) is 24.3 Å². The minimum atomic E-state index is -1.11. The second kappa shape index (κ2) is 6.15. The molecule has 2 N–H and O–H groups in total. The third kappa shape index (κ3) is 4.17. The van der Waals surface area contributed by atoms with E-state index < -0.39 is 5.60 Å². The molecule has 0 spiro atoms. The molecule has 0 saturated heterocycles. The number of methoxy groups -OCH3 is 1. The summed E-state index contributed by atoms with van der Waals surface area (Å²) in [7, 11) is 1.48. The molecule has 0 aliphatic rings. The highest BCUT2D eigenvalue weighted by molar-refractivity contribution is 5.94. The van der Waals surface area contributed by atoms with E-state index in [1.807, 2.05) is 6.07 Å². The summed E-state index contributed by atoms with van der Waals surface area (Å²) in [6.45, 7) is 1.78. The van der Waals surface area contributed by atoms with E-state index in [4.69, 9.17) is 10.00 Å². The molecular formula is C13H16N2O3. The number of benzene rings is 1. The van der Waals surface area contributed by atoms with Gasteiger partial charge in [0, 0.05) is 19.2 Å². The van der Waals surface area contributed by atoms with Crippen molar-refractivity contribution < 1.29 is 14.6 Å². The van der Waals surface area contributed by atoms with E-state index in [1.165, 1.54) is 13.2 Å². The van der Waals surface area contributed by atoms with E-state index in [0.29, 0.717) is 11.1 Å². The van der Waals surface area contributed by atoms with Gasteiger partial charge in [0.2, 0.25) is 0 Å². The normalized spacial score (nSPS) is 13.4. The van der Waals surface area contributed by atoms with Crippen LogP contribution in [0.4, 0.5) is 0 Å². The number of rotatable bonds is 5. The van der Waals surface area contributed by atoms with Crippen molar-refractivity contribution in [1.82, 2.24) is 5.32 Å². The number of hydrogen-bond acceptors (Lipinski definition) is 4. The van der Waals surface area contributed by atoms with Crippen LogP contribution in [0.2, 0.25) is 0 Å². The number of carbonyl (C=O) groups is 1. The Balaban J connectivity index is 2.63. The SMILES string of the molecule is COCC(C)(O)CNC(=O)c1cccc(C#N)c1. The number of ether oxygens (including phenoxy) is 1. The van der Waals surface area contributed by atoms with Crippen LogP contribution in [0.1, 0.15) is 22.8 Å². The molecule has 0 aliphatic carbocycles. The molecule has 5 heteroatoms. The van der Waals surface area contributed by atoms with Crippen molar-refractivity contribution in [2.45, 2.75) is 12.5 Å². The van der Waals surface area contributed by atoms with Crippen LogP contribution in [0, 0.1) is 11.3 Å². The Morgan fingerprint density at radius 3 is 2.94 bits per heavy atom. The zero-order chi connectivity index (χ0) is 13.6. The molecule has 0 radical (unpaired) electrons. The topological polar surface area (TPSA) is 82.3 Å². The molecule has 0 aromatic heterocycles. The Morgan fingerprint density at radius 1 is 1.61 bits per heavy atom. The van der Waals surface area contributed by atoms with E-state index >= 15 is 0 Å². The molecule has 96 valence electrons. The molecule has 1 amide bonds. The van der Waals surface area contributed by atoms with Gasteiger partial charge < -0.3 is 15.2 Å². The van der Waals surface area contributed by atoms with Gasteiger partial charge in [0.15, 0.2) is 0 Å². The number of hydrogen-bond donors (Lipinski definition) is 2. The fourth-order valence-electron chi connectivity index (χ4n) is 1.46. The first-order chi connectivity index (χ1) is 8.48. The Morgan fingerprint density at radius 2 is 2.33 bits per heavy atom. The van der Waals surface area contributed by atoms with Crippen LogP contribution < -0.4 is 5.32 Å². The summed E-state index contributed by atoms with van der Waals surface area (Å²) in [5.41, 5.74) is -0.300. The predicted molar refractivity (Wildman–Crippen MR) is 66.0 cm³/mol. The molecule has 1 unspecified atom stereocenters. The number of aliphatic hydroxyl groups is 1. The van der Waals surface area contributed by atoms with Gasteiger partial charge in [-0.25, -0.2) is 0 Å². The van der Waals surface area contributed by atoms with Gasteiger partial charge in [-0.15, -0.1) is 0 Å². The molecule has 1 aromatic rings. The van der Waals surface area contributed by atoms with Gasteiger partial charge in [0.05, 0.1) is 18.2 Å². The summed E-state index contributed by atoms with van der Waals surface area (Å²) in [6, 6.07) is 8.34. The van der Waals surface area contributed by atoms with Gasteiger partial charge in [-0.1, -0.05) is 6.07 Å². The van der Waals surface area contributed by atoms with E-state index in [2.05, 4.69) is 5.32 Å². The second-order valence-corrected chi connectivity index (χ2v) is 4.31. The van der Waals surface area contributed by atoms with E-state index in [-0.39, 0.29) is 19.1 Å². The first-order valence-electron chi connectivity index (χ1n) is 5.48. The first kappa shape index (κ1) is 14.2. The molecule has 0 fully saturated rings. The maximum atomic E-state index is 11.8. The van der Waals surface area contributed by atoms with Crippen molar-refractivity contribution in [3.63, 3.8) is 0 Å². The fraction of sp³-hybridized carbons (Fsp3) is 0.385. The minimum Gasteiger partial charge on any atom is -0.386 e. The van der Waals surface area contributed by atoms with Crippen molar-refractivity contribution in [2.24, 2.45) is 0 Å². The largest absolute Gasteiger partial charge is 0.386 e. The van der Waals surface area contributed by atoms with Gasteiger partial charge in [0.1, 0.15) is 5.60 Å². The summed E-state index contributed by atoms with van der Waals surface area (Å²) in [5.74, 6) is -0.330. The van der Waals surface area contributed by atoms with Gasteiger partial charge in [-0.2, -0.15) is 5.26 Å². The average molecular weight is 248 g/mol. The zero-order valence-electron chi connectivity index (χ0n) is 10.4. The van der Waals surface area contributed by atoms with Crippen molar-refractivity contribution >= 4 is 5.91 Å². The Hall–Kier alpha value is -1.90. The lowest BCUT2D eigenvalue weighted by Gasteiger charge is -2.22. The van der Waals surface area contributed by atoms with Gasteiger partial charge in [-0.3, -0.25) is 4.79 Å². The molecular weight excluding hydrogens is 232 g/mol. The summed E-state index contributed by atoms with van der Waals surface area (Å²) in [5, 5.41) is 21.2. The van der Waals surface area contributed by atoms with Crippen LogP contribution in [0.5, 0.6) is 0 Å². The third-order valence-electron chi connectivity index (χ3n) is 2.34. The highest BCUT2D eigenvalue weighted by Crippen LogP contribution is 2.06. The molecule has 0 saturated carbocycles. The quantitative estimate of drug-likeness (QED) is 0.803. The predicted octanol–water partition coefficient (Wildman–Crippen LogP) is 0.685. The molecule has 0 heterocycles. The molecule has 18 heavy (non-hydrogen) atoms. The first-order valence-corrected chi connectivity index (χ1v) is 5.48. The maximum Gasteiger partial charge on any atom is 0.251 e. The molecule has 1 atom stereocenters. The Labute approximate surface area is 106 Å². The summed E-state index contributed by atoms with van der Waals surface area (Å²) < 4.78 is 4.84. The zero-order valence-corrected chi connectivity index (χ0v) is 10.4. The van der Waals surface area contributed by atoms with Crippen molar-refractivity contribution in [2.75, 3.05) is 20.3 Å². The Bertz CT molecular complexity index is 464. The highest BCUT2D eigenvalue weighted by atomic mass is 16.5. The summed E-state index contributed by atoms with van der Waals surface area (Å²) >= 11 is 0. The molecule has 1 aromatic carbocycles. The summed E-state index contributed by atoms with van der Waals surface area (Å²) in [4.78, 5) is 11.8. The standard InChI is InChI=1S/C13H16N2O3/c1-13(17,9-18-2)8-15-12(16)11-5-3-4-10(6-11)7-14/h3-6,17H,8-9H2,1-2H3,(H,15,16). The number of nitriles is 1. The average Bonchev–Trinajstić information content (AvgIpc) is 2.36. The van der Waals surface area contributed by atoms with E-state index in [9.17, 15) is 9.90 Å². The van der Waals surface area contributed by atoms with Gasteiger partial charge in [-0.05, 0) is 25.1 Å². The van der Waals surface area contributed by atoms with Crippen molar-refractivity contribution in [3.8, 4) is 6.07 Å². The molecule has 1 rings (SSSR count). The summed E-state index contributed by atoms with van der Waals surface area (Å²) in [6.07, 6.45) is 0.